The lowest BCUT2D eigenvalue weighted by Gasteiger charge is -2.58. The van der Waals surface area contributed by atoms with Crippen LogP contribution in [0.25, 0.3) is 0 Å². The summed E-state index contributed by atoms with van der Waals surface area (Å²) in [4.78, 5) is 25.3. The molecular formula is C21H23N3O4. The summed E-state index contributed by atoms with van der Waals surface area (Å²) in [5, 5.41) is 14.5. The van der Waals surface area contributed by atoms with Crippen molar-refractivity contribution in [2.75, 3.05) is 31.6 Å². The number of nitrogens with one attached hydrogen (secondary N) is 1. The lowest BCUT2D eigenvalue weighted by atomic mass is 9.75. The van der Waals surface area contributed by atoms with E-state index in [1.807, 2.05) is 31.2 Å². The molecule has 2 aliphatic heterocycles. The number of benzene rings is 2. The minimum atomic E-state index is -0.609. The van der Waals surface area contributed by atoms with Crippen LogP contribution in [0.15, 0.2) is 48.5 Å². The molecule has 0 saturated carbocycles. The van der Waals surface area contributed by atoms with Crippen LogP contribution in [0.1, 0.15) is 17.2 Å². The molecule has 0 radical (unpaired) electrons. The summed E-state index contributed by atoms with van der Waals surface area (Å²) in [7, 11) is 0. The van der Waals surface area contributed by atoms with Gasteiger partial charge >= 0.3 is 0 Å². The van der Waals surface area contributed by atoms with Crippen molar-refractivity contribution in [3.8, 4) is 0 Å². The summed E-state index contributed by atoms with van der Waals surface area (Å²) in [6.45, 7) is 5.25. The first-order valence-electron chi connectivity index (χ1n) is 9.35. The van der Waals surface area contributed by atoms with E-state index in [-0.39, 0.29) is 17.1 Å². The van der Waals surface area contributed by atoms with Gasteiger partial charge in [0.1, 0.15) is 18.0 Å². The molecule has 0 aromatic heterocycles. The molecule has 2 aromatic rings. The molecule has 7 heteroatoms. The van der Waals surface area contributed by atoms with Crippen LogP contribution in [0.5, 0.6) is 0 Å². The van der Waals surface area contributed by atoms with Crippen molar-refractivity contribution in [3.63, 3.8) is 0 Å². The Balaban J connectivity index is 1.63. The SMILES string of the molecule is Cc1ccc(C(C(C=O)Nc2ccccc2[N+](=O)[O-])N2CC3(COC3)C2)cc1. The van der Waals surface area contributed by atoms with Gasteiger partial charge in [0.2, 0.25) is 0 Å². The molecule has 2 heterocycles. The molecule has 146 valence electrons. The van der Waals surface area contributed by atoms with Crippen LogP contribution in [-0.4, -0.2) is 48.5 Å². The molecule has 1 N–H and O–H groups in total. The van der Waals surface area contributed by atoms with Crippen LogP contribution in [0, 0.1) is 22.5 Å². The fraction of sp³-hybridized carbons (Fsp3) is 0.381. The smallest absolute Gasteiger partial charge is 0.292 e. The second-order valence-electron chi connectivity index (χ2n) is 7.83. The number of hydrogen-bond donors (Lipinski definition) is 1. The molecule has 0 bridgehead atoms. The molecule has 1 spiro atoms. The maximum atomic E-state index is 12.1. The van der Waals surface area contributed by atoms with E-state index in [2.05, 4.69) is 10.2 Å². The largest absolute Gasteiger partial charge is 0.380 e. The predicted octanol–water partition coefficient (Wildman–Crippen LogP) is 2.96. The highest BCUT2D eigenvalue weighted by Crippen LogP contribution is 2.43. The molecule has 0 aliphatic carbocycles. The highest BCUT2D eigenvalue weighted by molar-refractivity contribution is 5.71. The maximum absolute atomic E-state index is 12.1. The quantitative estimate of drug-likeness (QED) is 0.451. The Labute approximate surface area is 163 Å². The zero-order chi connectivity index (χ0) is 19.7. The van der Waals surface area contributed by atoms with Gasteiger partial charge in [0, 0.05) is 24.6 Å². The third kappa shape index (κ3) is 3.39. The van der Waals surface area contributed by atoms with Crippen LogP contribution in [0.3, 0.4) is 0 Å². The van der Waals surface area contributed by atoms with E-state index < -0.39 is 11.0 Å². The van der Waals surface area contributed by atoms with Gasteiger partial charge in [-0.25, -0.2) is 0 Å². The predicted molar refractivity (Wildman–Crippen MR) is 105 cm³/mol. The van der Waals surface area contributed by atoms with Gasteiger partial charge in [0.25, 0.3) is 5.69 Å². The van der Waals surface area contributed by atoms with E-state index in [9.17, 15) is 14.9 Å². The fourth-order valence-corrected chi connectivity index (χ4v) is 4.12. The molecule has 0 amide bonds. The fourth-order valence-electron chi connectivity index (χ4n) is 4.12. The number of nitro groups is 1. The highest BCUT2D eigenvalue weighted by atomic mass is 16.6. The Bertz CT molecular complexity index is 871. The molecule has 4 rings (SSSR count). The lowest BCUT2D eigenvalue weighted by molar-refractivity contribution is -0.384. The first kappa shape index (κ1) is 18.6. The Morgan fingerprint density at radius 1 is 1.18 bits per heavy atom. The second-order valence-corrected chi connectivity index (χ2v) is 7.83. The Hall–Kier alpha value is -2.77. The minimum absolute atomic E-state index is 0.0375. The van der Waals surface area contributed by atoms with Gasteiger partial charge in [-0.3, -0.25) is 15.0 Å². The number of likely N-dealkylation sites (tertiary alicyclic amines) is 1. The normalized spacial score (nSPS) is 19.9. The summed E-state index contributed by atoms with van der Waals surface area (Å²) in [5.74, 6) is 0. The van der Waals surface area contributed by atoms with Gasteiger partial charge in [-0.15, -0.1) is 0 Å². The first-order chi connectivity index (χ1) is 13.5. The molecule has 2 atom stereocenters. The molecule has 28 heavy (non-hydrogen) atoms. The zero-order valence-electron chi connectivity index (χ0n) is 15.7. The number of nitrogens with zero attached hydrogens (tertiary/aromatic N) is 2. The van der Waals surface area contributed by atoms with E-state index in [1.165, 1.54) is 6.07 Å². The zero-order valence-corrected chi connectivity index (χ0v) is 15.7. The number of anilines is 1. The number of ether oxygens (including phenoxy) is 1. The van der Waals surface area contributed by atoms with Crippen molar-refractivity contribution < 1.29 is 14.5 Å². The minimum Gasteiger partial charge on any atom is -0.380 e. The third-order valence-electron chi connectivity index (χ3n) is 5.62. The third-order valence-corrected chi connectivity index (χ3v) is 5.62. The first-order valence-corrected chi connectivity index (χ1v) is 9.35. The van der Waals surface area contributed by atoms with Crippen molar-refractivity contribution in [2.24, 2.45) is 5.41 Å². The molecule has 2 saturated heterocycles. The average Bonchev–Trinajstić information content (AvgIpc) is 2.62. The van der Waals surface area contributed by atoms with Gasteiger partial charge < -0.3 is 14.8 Å². The van der Waals surface area contributed by atoms with Crippen molar-refractivity contribution >= 4 is 17.7 Å². The maximum Gasteiger partial charge on any atom is 0.292 e. The van der Waals surface area contributed by atoms with Gasteiger partial charge in [0.15, 0.2) is 0 Å². The summed E-state index contributed by atoms with van der Waals surface area (Å²) < 4.78 is 5.37. The number of aldehydes is 1. The topological polar surface area (TPSA) is 84.7 Å². The van der Waals surface area contributed by atoms with Crippen LogP contribution < -0.4 is 5.32 Å². The van der Waals surface area contributed by atoms with E-state index in [4.69, 9.17) is 4.74 Å². The molecule has 2 unspecified atom stereocenters. The van der Waals surface area contributed by atoms with Crippen molar-refractivity contribution in [1.29, 1.82) is 0 Å². The summed E-state index contributed by atoms with van der Waals surface area (Å²) >= 11 is 0. The number of carbonyl (C=O) groups excluding carboxylic acids is 1. The van der Waals surface area contributed by atoms with Crippen LogP contribution in [0.2, 0.25) is 0 Å². The van der Waals surface area contributed by atoms with E-state index >= 15 is 0 Å². The van der Waals surface area contributed by atoms with Gasteiger partial charge in [-0.1, -0.05) is 42.0 Å². The molecule has 7 nitrogen and oxygen atoms in total. The Kier molecular flexibility index (Phi) is 4.87. The number of nitro benzene ring substituents is 1. The number of para-hydroxylation sites is 2. The number of hydrogen-bond acceptors (Lipinski definition) is 6. The van der Waals surface area contributed by atoms with Crippen LogP contribution in [-0.2, 0) is 9.53 Å². The Morgan fingerprint density at radius 2 is 1.86 bits per heavy atom. The Morgan fingerprint density at radius 3 is 2.43 bits per heavy atom. The summed E-state index contributed by atoms with van der Waals surface area (Å²) in [6.07, 6.45) is 0.851. The molecule has 2 aromatic carbocycles. The summed E-state index contributed by atoms with van der Waals surface area (Å²) in [6, 6.07) is 13.7. The number of carbonyl (C=O) groups is 1. The van der Waals surface area contributed by atoms with E-state index in [1.54, 1.807) is 18.2 Å². The second kappa shape index (κ2) is 7.33. The van der Waals surface area contributed by atoms with Crippen molar-refractivity contribution in [2.45, 2.75) is 19.0 Å². The van der Waals surface area contributed by atoms with Crippen molar-refractivity contribution in [1.82, 2.24) is 4.90 Å². The average molecular weight is 381 g/mol. The van der Waals surface area contributed by atoms with Crippen LogP contribution >= 0.6 is 0 Å². The number of rotatable bonds is 7. The molecular weight excluding hydrogens is 358 g/mol. The van der Waals surface area contributed by atoms with E-state index in [0.717, 1.165) is 43.7 Å². The lowest BCUT2D eigenvalue weighted by Crippen LogP contribution is -2.67. The van der Waals surface area contributed by atoms with Gasteiger partial charge in [-0.05, 0) is 18.6 Å². The molecule has 2 fully saturated rings. The van der Waals surface area contributed by atoms with Gasteiger partial charge in [0.05, 0.1) is 24.2 Å². The van der Waals surface area contributed by atoms with Crippen LogP contribution in [0.4, 0.5) is 11.4 Å². The summed E-state index contributed by atoms with van der Waals surface area (Å²) in [5.41, 5.74) is 2.68. The van der Waals surface area contributed by atoms with Gasteiger partial charge in [-0.2, -0.15) is 0 Å². The monoisotopic (exact) mass is 381 g/mol. The van der Waals surface area contributed by atoms with E-state index in [0.29, 0.717) is 5.69 Å². The standard InChI is InChI=1S/C21H23N3O4/c1-15-6-8-16(9-7-15)20(23-11-21(12-23)13-28-14-21)18(10-25)22-17-4-2-3-5-19(17)24(26)27/h2-10,18,20,22H,11-14H2,1H3. The number of aryl methyl sites for hydroxylation is 1. The van der Waals surface area contributed by atoms with Crippen molar-refractivity contribution in [3.05, 3.63) is 69.8 Å². The highest BCUT2D eigenvalue weighted by Gasteiger charge is 2.52. The molecule has 2 aliphatic rings.